The fourth-order valence-corrected chi connectivity index (χ4v) is 3.83. The van der Waals surface area contributed by atoms with Gasteiger partial charge in [-0.25, -0.2) is 0 Å². The molecule has 1 aliphatic heterocycles. The zero-order valence-electron chi connectivity index (χ0n) is 13.5. The van der Waals surface area contributed by atoms with Gasteiger partial charge in [-0.15, -0.1) is 0 Å². The summed E-state index contributed by atoms with van der Waals surface area (Å²) in [6.45, 7) is 3.52. The molecular weight excluding hydrogens is 290 g/mol. The van der Waals surface area contributed by atoms with Crippen molar-refractivity contribution in [3.05, 3.63) is 47.1 Å². The smallest absolute Gasteiger partial charge is 0.244 e. The van der Waals surface area contributed by atoms with Gasteiger partial charge in [0.15, 0.2) is 5.82 Å². The zero-order valence-corrected chi connectivity index (χ0v) is 13.5. The first-order valence-corrected chi connectivity index (χ1v) is 8.50. The van der Waals surface area contributed by atoms with E-state index in [-0.39, 0.29) is 6.04 Å². The summed E-state index contributed by atoms with van der Waals surface area (Å²) in [6, 6.07) is 9.28. The number of rotatable bonds is 4. The Morgan fingerprint density at radius 3 is 2.43 bits per heavy atom. The van der Waals surface area contributed by atoms with Gasteiger partial charge in [0.2, 0.25) is 5.89 Å². The lowest BCUT2D eigenvalue weighted by molar-refractivity contribution is 0.0469. The highest BCUT2D eigenvalue weighted by Gasteiger charge is 2.33. The van der Waals surface area contributed by atoms with Crippen LogP contribution in [0.4, 0.5) is 0 Å². The second kappa shape index (κ2) is 6.42. The third-order valence-electron chi connectivity index (χ3n) is 5.01. The molecule has 122 valence electrons. The van der Waals surface area contributed by atoms with Crippen molar-refractivity contribution < 1.29 is 9.26 Å². The van der Waals surface area contributed by atoms with Crippen LogP contribution in [0.5, 0.6) is 0 Å². The Balaban J connectivity index is 1.52. The van der Waals surface area contributed by atoms with E-state index >= 15 is 0 Å². The summed E-state index contributed by atoms with van der Waals surface area (Å²) in [5.41, 5.74) is 2.91. The third kappa shape index (κ3) is 3.16. The normalized spacial score (nSPS) is 20.6. The van der Waals surface area contributed by atoms with Crippen LogP contribution in [-0.4, -0.2) is 29.4 Å². The van der Waals surface area contributed by atoms with Crippen LogP contribution in [0.1, 0.15) is 41.7 Å². The SMILES string of the molecule is Cc1noc(C(NC2Cc3ccccc3C2)C2CCOCC2)n1. The van der Waals surface area contributed by atoms with E-state index in [1.807, 2.05) is 6.92 Å². The van der Waals surface area contributed by atoms with Crippen LogP contribution < -0.4 is 5.32 Å². The molecule has 0 amide bonds. The lowest BCUT2D eigenvalue weighted by Gasteiger charge is -2.30. The van der Waals surface area contributed by atoms with Gasteiger partial charge in [0.25, 0.3) is 0 Å². The average Bonchev–Trinajstić information content (AvgIpc) is 3.19. The molecule has 1 aliphatic carbocycles. The first-order chi connectivity index (χ1) is 11.3. The molecular formula is C18H23N3O2. The van der Waals surface area contributed by atoms with Gasteiger partial charge in [-0.2, -0.15) is 4.98 Å². The lowest BCUT2D eigenvalue weighted by Crippen LogP contribution is -2.39. The average molecular weight is 313 g/mol. The van der Waals surface area contributed by atoms with Gasteiger partial charge >= 0.3 is 0 Å². The summed E-state index contributed by atoms with van der Waals surface area (Å²) in [5.74, 6) is 1.92. The minimum absolute atomic E-state index is 0.124. The summed E-state index contributed by atoms with van der Waals surface area (Å²) in [6.07, 6.45) is 4.23. The van der Waals surface area contributed by atoms with Crippen LogP contribution in [0.3, 0.4) is 0 Å². The Morgan fingerprint density at radius 1 is 1.13 bits per heavy atom. The maximum atomic E-state index is 5.52. The van der Waals surface area contributed by atoms with E-state index in [2.05, 4.69) is 39.7 Å². The second-order valence-electron chi connectivity index (χ2n) is 6.65. The van der Waals surface area contributed by atoms with E-state index in [9.17, 15) is 0 Å². The maximum absolute atomic E-state index is 5.52. The number of aryl methyl sites for hydroxylation is 1. The highest BCUT2D eigenvalue weighted by Crippen LogP contribution is 2.32. The van der Waals surface area contributed by atoms with Gasteiger partial charge in [-0.3, -0.25) is 0 Å². The summed E-state index contributed by atoms with van der Waals surface area (Å²) in [7, 11) is 0. The Hall–Kier alpha value is -1.72. The van der Waals surface area contributed by atoms with Crippen molar-refractivity contribution in [3.63, 3.8) is 0 Å². The number of nitrogens with one attached hydrogen (secondary N) is 1. The van der Waals surface area contributed by atoms with Crippen LogP contribution in [0.15, 0.2) is 28.8 Å². The van der Waals surface area contributed by atoms with Crippen LogP contribution in [0, 0.1) is 12.8 Å². The standard InChI is InChI=1S/C18H23N3O2/c1-12-19-18(23-21-12)17(13-6-8-22-9-7-13)20-16-10-14-4-2-3-5-15(14)11-16/h2-5,13,16-17,20H,6-11H2,1H3. The molecule has 1 saturated heterocycles. The highest BCUT2D eigenvalue weighted by molar-refractivity contribution is 5.33. The van der Waals surface area contributed by atoms with Gasteiger partial charge in [0.1, 0.15) is 0 Å². The van der Waals surface area contributed by atoms with Crippen molar-refractivity contribution in [1.29, 1.82) is 0 Å². The molecule has 0 bridgehead atoms. The van der Waals surface area contributed by atoms with Crippen LogP contribution in [0.2, 0.25) is 0 Å². The molecule has 1 unspecified atom stereocenters. The fourth-order valence-electron chi connectivity index (χ4n) is 3.83. The third-order valence-corrected chi connectivity index (χ3v) is 5.01. The van der Waals surface area contributed by atoms with Crippen LogP contribution in [0.25, 0.3) is 0 Å². The predicted octanol–water partition coefficient (Wildman–Crippen LogP) is 2.60. The number of benzene rings is 1. The number of nitrogens with zero attached hydrogens (tertiary/aromatic N) is 2. The van der Waals surface area contributed by atoms with Gasteiger partial charge in [-0.1, -0.05) is 29.4 Å². The van der Waals surface area contributed by atoms with Crippen LogP contribution >= 0.6 is 0 Å². The van der Waals surface area contributed by atoms with E-state index in [1.54, 1.807) is 0 Å². The highest BCUT2D eigenvalue weighted by atomic mass is 16.5. The van der Waals surface area contributed by atoms with E-state index in [1.165, 1.54) is 11.1 Å². The molecule has 1 fully saturated rings. The summed E-state index contributed by atoms with van der Waals surface area (Å²) in [5, 5.41) is 7.80. The van der Waals surface area contributed by atoms with Crippen molar-refractivity contribution in [2.75, 3.05) is 13.2 Å². The quantitative estimate of drug-likeness (QED) is 0.940. The van der Waals surface area contributed by atoms with Crippen molar-refractivity contribution in [2.45, 2.75) is 44.7 Å². The molecule has 0 spiro atoms. The van der Waals surface area contributed by atoms with Crippen LogP contribution in [-0.2, 0) is 17.6 Å². The zero-order chi connectivity index (χ0) is 15.6. The van der Waals surface area contributed by atoms with E-state index in [0.29, 0.717) is 17.8 Å². The fraction of sp³-hybridized carbons (Fsp3) is 0.556. The van der Waals surface area contributed by atoms with Gasteiger partial charge in [-0.05, 0) is 49.7 Å². The molecule has 1 aromatic heterocycles. The molecule has 2 aliphatic rings. The molecule has 0 saturated carbocycles. The predicted molar refractivity (Wildman–Crippen MR) is 86.1 cm³/mol. The maximum Gasteiger partial charge on any atom is 0.244 e. The van der Waals surface area contributed by atoms with Gasteiger partial charge in [0, 0.05) is 19.3 Å². The first kappa shape index (κ1) is 14.8. The molecule has 0 radical (unpaired) electrons. The van der Waals surface area contributed by atoms with Crippen molar-refractivity contribution >= 4 is 0 Å². The van der Waals surface area contributed by atoms with Gasteiger partial charge < -0.3 is 14.6 Å². The molecule has 5 nitrogen and oxygen atoms in total. The largest absolute Gasteiger partial charge is 0.381 e. The van der Waals surface area contributed by atoms with E-state index < -0.39 is 0 Å². The Bertz CT molecular complexity index is 639. The lowest BCUT2D eigenvalue weighted by atomic mass is 9.90. The Kier molecular flexibility index (Phi) is 4.14. The molecule has 1 atom stereocenters. The number of aromatic nitrogens is 2. The number of hydrogen-bond donors (Lipinski definition) is 1. The topological polar surface area (TPSA) is 60.2 Å². The summed E-state index contributed by atoms with van der Waals surface area (Å²) >= 11 is 0. The molecule has 1 aromatic carbocycles. The molecule has 1 N–H and O–H groups in total. The Morgan fingerprint density at radius 2 is 1.83 bits per heavy atom. The van der Waals surface area contributed by atoms with Crippen molar-refractivity contribution in [1.82, 2.24) is 15.5 Å². The first-order valence-electron chi connectivity index (χ1n) is 8.50. The summed E-state index contributed by atoms with van der Waals surface area (Å²) < 4.78 is 11.0. The molecule has 2 aromatic rings. The number of hydrogen-bond acceptors (Lipinski definition) is 5. The minimum Gasteiger partial charge on any atom is -0.381 e. The number of fused-ring (bicyclic) bond motifs is 1. The monoisotopic (exact) mass is 313 g/mol. The molecule has 2 heterocycles. The number of ether oxygens (including phenoxy) is 1. The van der Waals surface area contributed by atoms with Gasteiger partial charge in [0.05, 0.1) is 6.04 Å². The van der Waals surface area contributed by atoms with Crippen molar-refractivity contribution in [3.8, 4) is 0 Å². The Labute approximate surface area is 136 Å². The van der Waals surface area contributed by atoms with E-state index in [0.717, 1.165) is 44.8 Å². The minimum atomic E-state index is 0.124. The molecule has 4 rings (SSSR count). The molecule has 5 heteroatoms. The van der Waals surface area contributed by atoms with E-state index in [4.69, 9.17) is 9.26 Å². The second-order valence-corrected chi connectivity index (χ2v) is 6.65. The van der Waals surface area contributed by atoms with Crippen molar-refractivity contribution in [2.24, 2.45) is 5.92 Å². The molecule has 23 heavy (non-hydrogen) atoms. The summed E-state index contributed by atoms with van der Waals surface area (Å²) in [4.78, 5) is 4.50.